The molecule has 1 rings (SSSR count). The van der Waals surface area contributed by atoms with Gasteiger partial charge in [0.2, 0.25) is 5.91 Å². The van der Waals surface area contributed by atoms with Gasteiger partial charge in [0, 0.05) is 31.9 Å². The summed E-state index contributed by atoms with van der Waals surface area (Å²) in [6.45, 7) is 1.32. The van der Waals surface area contributed by atoms with Crippen molar-refractivity contribution in [1.82, 2.24) is 15.7 Å². The Morgan fingerprint density at radius 1 is 1.57 bits per heavy atom. The molecule has 4 N–H and O–H groups in total. The van der Waals surface area contributed by atoms with E-state index in [1.165, 1.54) is 0 Å². The van der Waals surface area contributed by atoms with Gasteiger partial charge in [-0.05, 0) is 11.6 Å². The van der Waals surface area contributed by atoms with E-state index in [0.717, 1.165) is 5.56 Å². The van der Waals surface area contributed by atoms with Gasteiger partial charge in [-0.1, -0.05) is 6.07 Å². The van der Waals surface area contributed by atoms with Crippen LogP contribution in [0.4, 0.5) is 0 Å². The van der Waals surface area contributed by atoms with Crippen LogP contribution in [0.2, 0.25) is 0 Å². The summed E-state index contributed by atoms with van der Waals surface area (Å²) in [4.78, 5) is 14.7. The third-order valence-electron chi connectivity index (χ3n) is 1.74. The van der Waals surface area contributed by atoms with Crippen LogP contribution < -0.4 is 16.6 Å². The number of amides is 1. The zero-order valence-corrected chi connectivity index (χ0v) is 7.86. The van der Waals surface area contributed by atoms with Gasteiger partial charge in [0.25, 0.3) is 0 Å². The summed E-state index contributed by atoms with van der Waals surface area (Å²) in [5, 5.41) is 3.11. The zero-order valence-electron chi connectivity index (χ0n) is 7.86. The molecule has 1 aromatic heterocycles. The van der Waals surface area contributed by atoms with Crippen molar-refractivity contribution in [3.8, 4) is 0 Å². The number of nitrogens with two attached hydrogens (primary N) is 1. The summed E-state index contributed by atoms with van der Waals surface area (Å²) >= 11 is 0. The minimum Gasteiger partial charge on any atom is -0.312 e. The first-order valence-corrected chi connectivity index (χ1v) is 4.42. The number of rotatable bonds is 5. The number of nitrogens with one attached hydrogen (secondary N) is 2. The summed E-state index contributed by atoms with van der Waals surface area (Å²) in [6.07, 6.45) is 3.90. The maximum atomic E-state index is 10.7. The highest BCUT2D eigenvalue weighted by atomic mass is 16.2. The molecular weight excluding hydrogens is 180 g/mol. The highest BCUT2D eigenvalue weighted by Gasteiger charge is 1.96. The van der Waals surface area contributed by atoms with Gasteiger partial charge in [-0.3, -0.25) is 15.2 Å². The maximum Gasteiger partial charge on any atom is 0.235 e. The Hall–Kier alpha value is -1.46. The number of carbonyl (C=O) groups is 1. The molecule has 0 saturated heterocycles. The van der Waals surface area contributed by atoms with E-state index in [0.29, 0.717) is 19.5 Å². The van der Waals surface area contributed by atoms with Crippen LogP contribution in [-0.4, -0.2) is 17.4 Å². The molecule has 5 heteroatoms. The van der Waals surface area contributed by atoms with Crippen LogP contribution in [0.25, 0.3) is 0 Å². The lowest BCUT2D eigenvalue weighted by molar-refractivity contribution is -0.121. The smallest absolute Gasteiger partial charge is 0.235 e. The molecule has 0 radical (unpaired) electrons. The van der Waals surface area contributed by atoms with Crippen molar-refractivity contribution < 1.29 is 4.79 Å². The van der Waals surface area contributed by atoms with Crippen LogP contribution in [0, 0.1) is 0 Å². The first kappa shape index (κ1) is 10.6. The monoisotopic (exact) mass is 194 g/mol. The first-order valence-electron chi connectivity index (χ1n) is 4.42. The van der Waals surface area contributed by atoms with Crippen LogP contribution in [0.15, 0.2) is 24.5 Å². The van der Waals surface area contributed by atoms with Gasteiger partial charge in [-0.15, -0.1) is 0 Å². The van der Waals surface area contributed by atoms with Crippen LogP contribution in [-0.2, 0) is 11.3 Å². The van der Waals surface area contributed by atoms with Crippen LogP contribution >= 0.6 is 0 Å². The van der Waals surface area contributed by atoms with E-state index >= 15 is 0 Å². The largest absolute Gasteiger partial charge is 0.312 e. The van der Waals surface area contributed by atoms with E-state index in [9.17, 15) is 4.79 Å². The van der Waals surface area contributed by atoms with Gasteiger partial charge in [-0.2, -0.15) is 0 Å². The Labute approximate surface area is 82.7 Å². The fraction of sp³-hybridized carbons (Fsp3) is 0.333. The van der Waals surface area contributed by atoms with Crippen molar-refractivity contribution in [1.29, 1.82) is 0 Å². The van der Waals surface area contributed by atoms with Crippen molar-refractivity contribution in [3.63, 3.8) is 0 Å². The molecule has 1 aromatic rings. The molecule has 0 aliphatic heterocycles. The van der Waals surface area contributed by atoms with Crippen LogP contribution in [0.1, 0.15) is 12.0 Å². The molecule has 0 fully saturated rings. The van der Waals surface area contributed by atoms with E-state index in [-0.39, 0.29) is 5.91 Å². The van der Waals surface area contributed by atoms with Crippen molar-refractivity contribution in [3.05, 3.63) is 30.1 Å². The number of aromatic nitrogens is 1. The van der Waals surface area contributed by atoms with Crippen molar-refractivity contribution >= 4 is 5.91 Å². The van der Waals surface area contributed by atoms with Gasteiger partial charge in [0.1, 0.15) is 0 Å². The third-order valence-corrected chi connectivity index (χ3v) is 1.74. The number of hydrogen-bond donors (Lipinski definition) is 3. The molecule has 0 saturated carbocycles. The topological polar surface area (TPSA) is 80.0 Å². The first-order chi connectivity index (χ1) is 6.83. The summed E-state index contributed by atoms with van der Waals surface area (Å²) in [7, 11) is 0. The molecule has 76 valence electrons. The molecule has 14 heavy (non-hydrogen) atoms. The fourth-order valence-electron chi connectivity index (χ4n) is 1.01. The van der Waals surface area contributed by atoms with Crippen molar-refractivity contribution in [2.24, 2.45) is 5.84 Å². The molecule has 0 bridgehead atoms. The maximum absolute atomic E-state index is 10.7. The van der Waals surface area contributed by atoms with Gasteiger partial charge in [-0.25, -0.2) is 5.84 Å². The number of hydrazine groups is 1. The predicted octanol–water partition coefficient (Wildman–Crippen LogP) is -0.449. The minimum absolute atomic E-state index is 0.163. The van der Waals surface area contributed by atoms with E-state index in [1.807, 2.05) is 12.1 Å². The lowest BCUT2D eigenvalue weighted by Gasteiger charge is -2.03. The average Bonchev–Trinajstić information content (AvgIpc) is 2.25. The Kier molecular flexibility index (Phi) is 4.60. The summed E-state index contributed by atoms with van der Waals surface area (Å²) < 4.78 is 0. The second kappa shape index (κ2) is 6.06. The Morgan fingerprint density at radius 3 is 3.07 bits per heavy atom. The number of nitrogens with zero attached hydrogens (tertiary/aromatic N) is 1. The number of carbonyl (C=O) groups excluding carboxylic acids is 1. The van der Waals surface area contributed by atoms with Crippen molar-refractivity contribution in [2.75, 3.05) is 6.54 Å². The lowest BCUT2D eigenvalue weighted by Crippen LogP contribution is -2.32. The van der Waals surface area contributed by atoms with E-state index < -0.39 is 0 Å². The Bertz CT molecular complexity index is 275. The summed E-state index contributed by atoms with van der Waals surface area (Å²) in [5.41, 5.74) is 3.17. The molecule has 0 aliphatic carbocycles. The van der Waals surface area contributed by atoms with Gasteiger partial charge in [0.05, 0.1) is 0 Å². The molecule has 0 atom stereocenters. The zero-order chi connectivity index (χ0) is 10.2. The molecule has 1 amide bonds. The third kappa shape index (κ3) is 3.97. The SMILES string of the molecule is NNC(=O)CCNCc1cccnc1. The second-order valence-corrected chi connectivity index (χ2v) is 2.86. The molecule has 0 aliphatic rings. The summed E-state index contributed by atoms with van der Waals surface area (Å²) in [6, 6.07) is 3.85. The van der Waals surface area contributed by atoms with Gasteiger partial charge in [0.15, 0.2) is 0 Å². The second-order valence-electron chi connectivity index (χ2n) is 2.86. The van der Waals surface area contributed by atoms with Crippen LogP contribution in [0.3, 0.4) is 0 Å². The number of pyridine rings is 1. The van der Waals surface area contributed by atoms with Gasteiger partial charge >= 0.3 is 0 Å². The molecule has 0 aromatic carbocycles. The molecular formula is C9H14N4O. The van der Waals surface area contributed by atoms with Crippen molar-refractivity contribution in [2.45, 2.75) is 13.0 Å². The predicted molar refractivity (Wildman–Crippen MR) is 52.9 cm³/mol. The molecule has 1 heterocycles. The highest BCUT2D eigenvalue weighted by molar-refractivity contribution is 5.75. The molecule has 0 unspecified atom stereocenters. The van der Waals surface area contributed by atoms with E-state index in [4.69, 9.17) is 5.84 Å². The Balaban J connectivity index is 2.13. The van der Waals surface area contributed by atoms with Gasteiger partial charge < -0.3 is 5.32 Å². The normalized spacial score (nSPS) is 9.79. The molecule has 0 spiro atoms. The van der Waals surface area contributed by atoms with Crippen LogP contribution in [0.5, 0.6) is 0 Å². The quantitative estimate of drug-likeness (QED) is 0.257. The molecule has 5 nitrogen and oxygen atoms in total. The average molecular weight is 194 g/mol. The van der Waals surface area contributed by atoms with E-state index in [1.54, 1.807) is 12.4 Å². The highest BCUT2D eigenvalue weighted by Crippen LogP contribution is 1.93. The minimum atomic E-state index is -0.163. The lowest BCUT2D eigenvalue weighted by atomic mass is 10.3. The van der Waals surface area contributed by atoms with E-state index in [2.05, 4.69) is 15.7 Å². The number of hydrogen-bond acceptors (Lipinski definition) is 4. The summed E-state index contributed by atoms with van der Waals surface area (Å²) in [5.74, 6) is 4.76. The fourth-order valence-corrected chi connectivity index (χ4v) is 1.01. The standard InChI is InChI=1S/C9H14N4O/c10-13-9(14)3-5-12-7-8-2-1-4-11-6-8/h1-2,4,6,12H,3,5,7,10H2,(H,13,14). The Morgan fingerprint density at radius 2 is 2.43 bits per heavy atom.